The van der Waals surface area contributed by atoms with Crippen LogP contribution in [-0.4, -0.2) is 33.1 Å². The van der Waals surface area contributed by atoms with Crippen molar-refractivity contribution in [3.8, 4) is 0 Å². The number of thioether (sulfide) groups is 1. The van der Waals surface area contributed by atoms with Gasteiger partial charge in [0, 0.05) is 42.9 Å². The quantitative estimate of drug-likeness (QED) is 0.639. The van der Waals surface area contributed by atoms with E-state index in [1.54, 1.807) is 29.3 Å². The molecule has 0 unspecified atom stereocenters. The Balaban J connectivity index is 1.27. The number of nitrogens with zero attached hydrogens (tertiary/aromatic N) is 3. The number of carbonyl (C=O) groups is 1. The van der Waals surface area contributed by atoms with Gasteiger partial charge in [0.15, 0.2) is 5.13 Å². The molecule has 3 aromatic rings. The van der Waals surface area contributed by atoms with Crippen molar-refractivity contribution in [2.45, 2.75) is 25.3 Å². The highest BCUT2D eigenvalue weighted by atomic mass is 32.2. The van der Waals surface area contributed by atoms with E-state index in [-0.39, 0.29) is 5.91 Å². The summed E-state index contributed by atoms with van der Waals surface area (Å²) < 4.78 is 0. The molecule has 0 saturated carbocycles. The number of thiazole rings is 1. The summed E-state index contributed by atoms with van der Waals surface area (Å²) in [5.41, 5.74) is 3.45. The van der Waals surface area contributed by atoms with Crippen molar-refractivity contribution >= 4 is 34.1 Å². The first-order valence-electron chi connectivity index (χ1n) is 9.28. The van der Waals surface area contributed by atoms with Gasteiger partial charge in [0.05, 0.1) is 17.1 Å². The van der Waals surface area contributed by atoms with E-state index < -0.39 is 0 Å². The molecule has 3 heterocycles. The van der Waals surface area contributed by atoms with Crippen LogP contribution in [-0.2, 0) is 30.1 Å². The van der Waals surface area contributed by atoms with Crippen LogP contribution in [0.2, 0.25) is 0 Å². The molecule has 4 rings (SSSR count). The van der Waals surface area contributed by atoms with Crippen LogP contribution in [0, 0.1) is 0 Å². The van der Waals surface area contributed by atoms with Gasteiger partial charge in [-0.3, -0.25) is 14.7 Å². The molecule has 0 spiro atoms. The SMILES string of the molecule is O=C(CSCc1ccccn1)Nc1nc2c(s1)CN(Cc1ccccc1)CC2. The molecule has 1 aliphatic heterocycles. The Morgan fingerprint density at radius 1 is 1.18 bits per heavy atom. The summed E-state index contributed by atoms with van der Waals surface area (Å²) in [5, 5.41) is 3.68. The molecular formula is C21H22N4OS2. The number of benzene rings is 1. The summed E-state index contributed by atoms with van der Waals surface area (Å²) in [6.07, 6.45) is 2.71. The second kappa shape index (κ2) is 9.32. The fourth-order valence-corrected chi connectivity index (χ4v) is 4.97. The van der Waals surface area contributed by atoms with Crippen molar-refractivity contribution in [2.75, 3.05) is 17.6 Å². The van der Waals surface area contributed by atoms with E-state index >= 15 is 0 Å². The van der Waals surface area contributed by atoms with Gasteiger partial charge < -0.3 is 5.32 Å². The van der Waals surface area contributed by atoms with Crippen molar-refractivity contribution in [3.63, 3.8) is 0 Å². The van der Waals surface area contributed by atoms with E-state index in [0.717, 1.165) is 48.3 Å². The molecule has 5 nitrogen and oxygen atoms in total. The standard InChI is InChI=1S/C21H22N4OS2/c26-20(15-27-14-17-8-4-5-10-22-17)24-21-23-18-9-11-25(13-19(18)28-21)12-16-6-2-1-3-7-16/h1-8,10H,9,11-15H2,(H,23,24,26). The predicted molar refractivity (Wildman–Crippen MR) is 115 cm³/mol. The number of hydrogen-bond donors (Lipinski definition) is 1. The minimum absolute atomic E-state index is 0.00632. The predicted octanol–water partition coefficient (Wildman–Crippen LogP) is 3.97. The maximum Gasteiger partial charge on any atom is 0.236 e. The molecule has 28 heavy (non-hydrogen) atoms. The summed E-state index contributed by atoms with van der Waals surface area (Å²) in [7, 11) is 0. The average molecular weight is 411 g/mol. The summed E-state index contributed by atoms with van der Waals surface area (Å²) in [6.45, 7) is 2.84. The number of amides is 1. The van der Waals surface area contributed by atoms with Crippen LogP contribution >= 0.6 is 23.1 Å². The molecule has 0 atom stereocenters. The van der Waals surface area contributed by atoms with Crippen LogP contribution < -0.4 is 5.32 Å². The highest BCUT2D eigenvalue weighted by Gasteiger charge is 2.21. The topological polar surface area (TPSA) is 58.1 Å². The molecule has 0 bridgehead atoms. The molecular weight excluding hydrogens is 388 g/mol. The fraction of sp³-hybridized carbons (Fsp3) is 0.286. The highest BCUT2D eigenvalue weighted by Crippen LogP contribution is 2.29. The monoisotopic (exact) mass is 410 g/mol. The molecule has 1 aliphatic rings. The van der Waals surface area contributed by atoms with Crippen molar-refractivity contribution in [1.82, 2.24) is 14.9 Å². The van der Waals surface area contributed by atoms with Crippen molar-refractivity contribution in [1.29, 1.82) is 0 Å². The Kier molecular flexibility index (Phi) is 6.36. The van der Waals surface area contributed by atoms with Gasteiger partial charge in [0.2, 0.25) is 5.91 Å². The van der Waals surface area contributed by atoms with Gasteiger partial charge >= 0.3 is 0 Å². The number of anilines is 1. The van der Waals surface area contributed by atoms with Gasteiger partial charge in [-0.05, 0) is 17.7 Å². The first-order chi connectivity index (χ1) is 13.8. The summed E-state index contributed by atoms with van der Waals surface area (Å²) in [6, 6.07) is 16.4. The Bertz CT molecular complexity index is 915. The van der Waals surface area contributed by atoms with E-state index in [9.17, 15) is 4.79 Å². The minimum atomic E-state index is -0.00632. The third-order valence-corrected chi connectivity index (χ3v) is 6.48. The maximum absolute atomic E-state index is 12.2. The summed E-state index contributed by atoms with van der Waals surface area (Å²) >= 11 is 3.17. The van der Waals surface area contributed by atoms with Crippen LogP contribution in [0.1, 0.15) is 21.8 Å². The zero-order chi connectivity index (χ0) is 19.2. The molecule has 0 radical (unpaired) electrons. The van der Waals surface area contributed by atoms with Gasteiger partial charge in [-0.1, -0.05) is 36.4 Å². The molecule has 7 heteroatoms. The number of hydrogen-bond acceptors (Lipinski definition) is 6. The number of carbonyl (C=O) groups excluding carboxylic acids is 1. The lowest BCUT2D eigenvalue weighted by molar-refractivity contribution is -0.113. The normalized spacial score (nSPS) is 13.9. The Hall–Kier alpha value is -2.22. The van der Waals surface area contributed by atoms with Crippen molar-refractivity contribution in [2.24, 2.45) is 0 Å². The molecule has 2 aromatic heterocycles. The fourth-order valence-electron chi connectivity index (χ4n) is 3.17. The number of fused-ring (bicyclic) bond motifs is 1. The Morgan fingerprint density at radius 2 is 2.04 bits per heavy atom. The van der Waals surface area contributed by atoms with E-state index in [4.69, 9.17) is 0 Å². The van der Waals surface area contributed by atoms with Crippen LogP contribution in [0.15, 0.2) is 54.7 Å². The third kappa shape index (κ3) is 5.19. The molecule has 1 N–H and O–H groups in total. The number of nitrogens with one attached hydrogen (secondary N) is 1. The molecule has 0 saturated heterocycles. The molecule has 0 aliphatic carbocycles. The molecule has 0 fully saturated rings. The first kappa shape index (κ1) is 19.1. The summed E-state index contributed by atoms with van der Waals surface area (Å²) in [4.78, 5) is 24.8. The third-order valence-electron chi connectivity index (χ3n) is 4.51. The second-order valence-corrected chi connectivity index (χ2v) is 8.77. The largest absolute Gasteiger partial charge is 0.301 e. The van der Waals surface area contributed by atoms with Gasteiger partial charge in [0.1, 0.15) is 0 Å². The van der Waals surface area contributed by atoms with Crippen molar-refractivity contribution < 1.29 is 4.79 Å². The van der Waals surface area contributed by atoms with Crippen molar-refractivity contribution in [3.05, 3.63) is 76.6 Å². The maximum atomic E-state index is 12.2. The number of rotatable bonds is 7. The zero-order valence-electron chi connectivity index (χ0n) is 15.5. The van der Waals surface area contributed by atoms with Crippen LogP contribution in [0.4, 0.5) is 5.13 Å². The lowest BCUT2D eigenvalue weighted by Crippen LogP contribution is -2.29. The summed E-state index contributed by atoms with van der Waals surface area (Å²) in [5.74, 6) is 1.13. The van der Waals surface area contributed by atoms with E-state index in [2.05, 4.69) is 44.5 Å². The Labute approximate surface area is 173 Å². The Morgan fingerprint density at radius 3 is 2.86 bits per heavy atom. The molecule has 1 amide bonds. The number of aromatic nitrogens is 2. The average Bonchev–Trinajstić information content (AvgIpc) is 3.11. The van der Waals surface area contributed by atoms with Crippen LogP contribution in [0.25, 0.3) is 0 Å². The van der Waals surface area contributed by atoms with Gasteiger partial charge in [-0.15, -0.1) is 23.1 Å². The highest BCUT2D eigenvalue weighted by molar-refractivity contribution is 7.99. The smallest absolute Gasteiger partial charge is 0.236 e. The van der Waals surface area contributed by atoms with E-state index in [1.165, 1.54) is 10.4 Å². The lowest BCUT2D eigenvalue weighted by Gasteiger charge is -2.25. The van der Waals surface area contributed by atoms with E-state index in [1.807, 2.05) is 24.3 Å². The minimum Gasteiger partial charge on any atom is -0.301 e. The number of pyridine rings is 1. The first-order valence-corrected chi connectivity index (χ1v) is 11.3. The second-order valence-electron chi connectivity index (χ2n) is 6.70. The van der Waals surface area contributed by atoms with Gasteiger partial charge in [-0.2, -0.15) is 0 Å². The zero-order valence-corrected chi connectivity index (χ0v) is 17.1. The molecule has 144 valence electrons. The van der Waals surface area contributed by atoms with Crippen LogP contribution in [0.5, 0.6) is 0 Å². The van der Waals surface area contributed by atoms with Gasteiger partial charge in [0.25, 0.3) is 0 Å². The van der Waals surface area contributed by atoms with E-state index in [0.29, 0.717) is 5.75 Å². The molecule has 1 aromatic carbocycles. The van der Waals surface area contributed by atoms with Gasteiger partial charge in [-0.25, -0.2) is 4.98 Å². The van der Waals surface area contributed by atoms with Crippen LogP contribution in [0.3, 0.4) is 0 Å². The lowest BCUT2D eigenvalue weighted by atomic mass is 10.1.